The third-order valence-electron chi connectivity index (χ3n) is 8.42. The van der Waals surface area contributed by atoms with Gasteiger partial charge in [0.15, 0.2) is 0 Å². The van der Waals surface area contributed by atoms with Crippen LogP contribution in [0.15, 0.2) is 41.9 Å². The Morgan fingerprint density at radius 1 is 1.24 bits per heavy atom. The molecular weight excluding hydrogens is 539 g/mol. The molecule has 2 fully saturated rings. The first-order valence-corrected chi connectivity index (χ1v) is 14.6. The number of hydrazine groups is 2. The van der Waals surface area contributed by atoms with Crippen molar-refractivity contribution < 1.29 is 4.39 Å². The monoisotopic (exact) mass is 574 g/mol. The molecule has 0 radical (unpaired) electrons. The van der Waals surface area contributed by atoms with E-state index in [1.54, 1.807) is 12.3 Å². The van der Waals surface area contributed by atoms with Crippen molar-refractivity contribution in [3.05, 3.63) is 69.6 Å². The molecule has 0 amide bonds. The lowest BCUT2D eigenvalue weighted by Gasteiger charge is -2.30. The first-order valence-electron chi connectivity index (χ1n) is 14.2. The topological polar surface area (TPSA) is 101 Å². The Morgan fingerprint density at radius 2 is 2.00 bits per heavy atom. The minimum atomic E-state index is -0.515. The fourth-order valence-electron chi connectivity index (χ4n) is 5.99. The zero-order valence-electron chi connectivity index (χ0n) is 24.1. The van der Waals surface area contributed by atoms with E-state index in [9.17, 15) is 9.65 Å². The predicted molar refractivity (Wildman–Crippen MR) is 160 cm³/mol. The fourth-order valence-corrected chi connectivity index (χ4v) is 6.26. The number of halogens is 2. The van der Waals surface area contributed by atoms with Gasteiger partial charge in [0.1, 0.15) is 6.07 Å². The maximum Gasteiger partial charge on any atom is 0.213 e. The molecule has 10 heteroatoms. The summed E-state index contributed by atoms with van der Waals surface area (Å²) in [6.07, 6.45) is 6.44. The highest BCUT2D eigenvalue weighted by molar-refractivity contribution is 6.35. The minimum Gasteiger partial charge on any atom is -0.383 e. The van der Waals surface area contributed by atoms with E-state index >= 15 is 0 Å². The number of fused-ring (bicyclic) bond motifs is 1. The van der Waals surface area contributed by atoms with Crippen LogP contribution in [-0.2, 0) is 0 Å². The molecule has 0 unspecified atom stereocenters. The quantitative estimate of drug-likeness (QED) is 0.220. The molecule has 0 saturated heterocycles. The normalized spacial score (nSPS) is 18.7. The summed E-state index contributed by atoms with van der Waals surface area (Å²) in [5.41, 5.74) is 13.0. The summed E-state index contributed by atoms with van der Waals surface area (Å²) in [5.74, 6) is 0.200. The van der Waals surface area contributed by atoms with Gasteiger partial charge < -0.3 is 16.1 Å². The number of anilines is 2. The molecule has 1 atom stereocenters. The Morgan fingerprint density at radius 3 is 2.63 bits per heavy atom. The van der Waals surface area contributed by atoms with Crippen molar-refractivity contribution in [2.45, 2.75) is 71.9 Å². The van der Waals surface area contributed by atoms with Gasteiger partial charge in [-0.2, -0.15) is 9.65 Å². The van der Waals surface area contributed by atoms with Crippen LogP contribution in [0.3, 0.4) is 0 Å². The zero-order chi connectivity index (χ0) is 29.1. The van der Waals surface area contributed by atoms with Crippen LogP contribution >= 0.6 is 11.6 Å². The van der Waals surface area contributed by atoms with Gasteiger partial charge in [-0.15, -0.1) is 5.53 Å². The molecule has 41 heavy (non-hydrogen) atoms. The van der Waals surface area contributed by atoms with E-state index in [4.69, 9.17) is 11.6 Å². The molecule has 3 aromatic rings. The Hall–Kier alpha value is -3.61. The third-order valence-corrected chi connectivity index (χ3v) is 8.70. The SMILES string of the molecule is CC1=C([C@@H](Nc2cc(Cl)c3ncc(C#N)c(NCC(C)(C)C)c3c2)c2ccc(F)nc2C)NNN1C1(C2CC2)CC1. The number of nitrogens with zero attached hydrogens (tertiary/aromatic N) is 4. The number of nitriles is 1. The third kappa shape index (κ3) is 5.15. The molecule has 4 N–H and O–H groups in total. The van der Waals surface area contributed by atoms with Gasteiger partial charge in [-0.05, 0) is 69.1 Å². The molecule has 3 heterocycles. The van der Waals surface area contributed by atoms with Gasteiger partial charge in [-0.3, -0.25) is 9.99 Å². The maximum atomic E-state index is 14.1. The molecule has 1 aromatic carbocycles. The molecule has 2 saturated carbocycles. The average molecular weight is 575 g/mol. The Labute approximate surface area is 245 Å². The zero-order valence-corrected chi connectivity index (χ0v) is 24.9. The number of pyridine rings is 2. The summed E-state index contributed by atoms with van der Waals surface area (Å²) in [4.78, 5) is 8.63. The molecule has 2 aliphatic carbocycles. The number of rotatable bonds is 8. The molecule has 0 bridgehead atoms. The maximum absolute atomic E-state index is 14.1. The number of nitrogens with one attached hydrogen (secondary N) is 4. The molecule has 8 nitrogen and oxygen atoms in total. The van der Waals surface area contributed by atoms with E-state index in [-0.39, 0.29) is 17.0 Å². The van der Waals surface area contributed by atoms with Crippen molar-refractivity contribution in [1.82, 2.24) is 25.9 Å². The van der Waals surface area contributed by atoms with Crippen LogP contribution in [0.1, 0.15) is 76.2 Å². The summed E-state index contributed by atoms with van der Waals surface area (Å²) >= 11 is 6.80. The smallest absolute Gasteiger partial charge is 0.213 e. The number of aromatic nitrogens is 2. The molecule has 3 aliphatic rings. The fraction of sp³-hybridized carbons (Fsp3) is 0.452. The van der Waals surface area contributed by atoms with Crippen molar-refractivity contribution in [3.63, 3.8) is 0 Å². The van der Waals surface area contributed by atoms with Gasteiger partial charge in [0, 0.05) is 35.1 Å². The standard InChI is InChI=1S/C31H36ClFN8/c1-17-22(8-9-25(33)37-17)29(26-18(2)41(40-39-26)31(10-11-31)20-6-7-20)38-21-12-23-27(36-16-30(3,4)5)19(14-34)15-35-28(23)24(32)13-21/h8-9,12-13,15,20,29,38-40H,6-7,10-11,16H2,1-5H3,(H,35,36)/t29-/m0/s1. The number of aryl methyl sites for hydroxylation is 1. The second kappa shape index (κ2) is 10.0. The van der Waals surface area contributed by atoms with Crippen LogP contribution in [0.25, 0.3) is 10.9 Å². The summed E-state index contributed by atoms with van der Waals surface area (Å²) in [6.45, 7) is 11.0. The summed E-state index contributed by atoms with van der Waals surface area (Å²) < 4.78 is 14.1. The molecule has 6 rings (SSSR count). The first-order chi connectivity index (χ1) is 19.5. The van der Waals surface area contributed by atoms with E-state index in [0.29, 0.717) is 39.9 Å². The molecule has 0 spiro atoms. The Balaban J connectivity index is 1.43. The van der Waals surface area contributed by atoms with Crippen LogP contribution in [0, 0.1) is 35.5 Å². The van der Waals surface area contributed by atoms with Gasteiger partial charge in [0.05, 0.1) is 44.8 Å². The van der Waals surface area contributed by atoms with E-state index in [1.165, 1.54) is 31.7 Å². The first kappa shape index (κ1) is 27.6. The van der Waals surface area contributed by atoms with Gasteiger partial charge in [0.25, 0.3) is 0 Å². The highest BCUT2D eigenvalue weighted by Crippen LogP contribution is 2.58. The van der Waals surface area contributed by atoms with Crippen molar-refractivity contribution in [1.29, 1.82) is 5.26 Å². The van der Waals surface area contributed by atoms with Crippen molar-refractivity contribution in [2.24, 2.45) is 11.3 Å². The number of hydrogen-bond donors (Lipinski definition) is 4. The van der Waals surface area contributed by atoms with Gasteiger partial charge in [-0.1, -0.05) is 38.4 Å². The van der Waals surface area contributed by atoms with Crippen LogP contribution in [-0.4, -0.2) is 27.1 Å². The van der Waals surface area contributed by atoms with E-state index < -0.39 is 5.95 Å². The molecule has 214 valence electrons. The van der Waals surface area contributed by atoms with Crippen LogP contribution in [0.5, 0.6) is 0 Å². The lowest BCUT2D eigenvalue weighted by atomic mass is 9.96. The molecule has 2 aromatic heterocycles. The number of allylic oxidation sites excluding steroid dienone is 1. The number of hydrogen-bond acceptors (Lipinski definition) is 8. The summed E-state index contributed by atoms with van der Waals surface area (Å²) in [6, 6.07) is 8.89. The van der Waals surface area contributed by atoms with Crippen molar-refractivity contribution in [2.75, 3.05) is 17.2 Å². The number of benzene rings is 1. The van der Waals surface area contributed by atoms with E-state index in [0.717, 1.165) is 28.0 Å². The van der Waals surface area contributed by atoms with Crippen molar-refractivity contribution >= 4 is 33.9 Å². The van der Waals surface area contributed by atoms with E-state index in [1.807, 2.05) is 19.1 Å². The van der Waals surface area contributed by atoms with Crippen molar-refractivity contribution in [3.8, 4) is 6.07 Å². The van der Waals surface area contributed by atoms with Gasteiger partial charge >= 0.3 is 0 Å². The summed E-state index contributed by atoms with van der Waals surface area (Å²) in [7, 11) is 0. The van der Waals surface area contributed by atoms with Gasteiger partial charge in [0.2, 0.25) is 5.95 Å². The molecular formula is C31H36ClFN8. The predicted octanol–water partition coefficient (Wildman–Crippen LogP) is 6.71. The highest BCUT2D eigenvalue weighted by atomic mass is 35.5. The lowest BCUT2D eigenvalue weighted by molar-refractivity contribution is 0.140. The largest absolute Gasteiger partial charge is 0.383 e. The Kier molecular flexibility index (Phi) is 6.74. The Bertz CT molecular complexity index is 1600. The molecule has 1 aliphatic heterocycles. The lowest BCUT2D eigenvalue weighted by Crippen LogP contribution is -2.47. The van der Waals surface area contributed by atoms with Crippen LogP contribution in [0.4, 0.5) is 15.8 Å². The summed E-state index contributed by atoms with van der Waals surface area (Å²) in [5, 5.41) is 20.5. The van der Waals surface area contributed by atoms with E-state index in [2.05, 4.69) is 70.3 Å². The van der Waals surface area contributed by atoms with Gasteiger partial charge in [-0.25, -0.2) is 4.98 Å². The second-order valence-electron chi connectivity index (χ2n) is 12.8. The average Bonchev–Trinajstić information content (AvgIpc) is 3.83. The second-order valence-corrected chi connectivity index (χ2v) is 13.2. The van der Waals surface area contributed by atoms with Crippen LogP contribution in [0.2, 0.25) is 5.02 Å². The van der Waals surface area contributed by atoms with Crippen LogP contribution < -0.4 is 21.6 Å². The highest BCUT2D eigenvalue weighted by Gasteiger charge is 2.59. The minimum absolute atomic E-state index is 0.00339.